The number of methoxy groups -OCH3 is 1. The summed E-state index contributed by atoms with van der Waals surface area (Å²) in [4.78, 5) is 0. The molecule has 0 N–H and O–H groups in total. The van der Waals surface area contributed by atoms with Gasteiger partial charge in [0.2, 0.25) is 5.82 Å². The summed E-state index contributed by atoms with van der Waals surface area (Å²) in [5, 5.41) is 0. The van der Waals surface area contributed by atoms with E-state index in [2.05, 4.69) is 0 Å². The van der Waals surface area contributed by atoms with Crippen LogP contribution in [0.2, 0.25) is 0 Å². The molecule has 150 valence electrons. The van der Waals surface area contributed by atoms with Crippen LogP contribution in [0.25, 0.3) is 0 Å². The van der Waals surface area contributed by atoms with E-state index in [-0.39, 0.29) is 12.1 Å². The van der Waals surface area contributed by atoms with Crippen molar-refractivity contribution in [2.24, 2.45) is 0 Å². The zero-order valence-corrected chi connectivity index (χ0v) is 16.4. The van der Waals surface area contributed by atoms with Crippen molar-refractivity contribution in [2.45, 2.75) is 45.5 Å². The Morgan fingerprint density at radius 1 is 0.929 bits per heavy atom. The molecule has 8 heteroatoms. The molecule has 0 amide bonds. The van der Waals surface area contributed by atoms with Crippen LogP contribution in [-0.2, 0) is 15.9 Å². The molecule has 0 atom stereocenters. The van der Waals surface area contributed by atoms with Crippen molar-refractivity contribution in [3.05, 3.63) is 53.3 Å². The van der Waals surface area contributed by atoms with Crippen LogP contribution in [-0.4, -0.2) is 25.4 Å². The molecule has 0 saturated carbocycles. The highest BCUT2D eigenvalue weighted by atomic mass is 19.2. The van der Waals surface area contributed by atoms with Crippen molar-refractivity contribution < 1.29 is 32.0 Å². The molecule has 0 aliphatic carbocycles. The lowest BCUT2D eigenvalue weighted by atomic mass is 9.78. The fourth-order valence-corrected chi connectivity index (χ4v) is 2.74. The van der Waals surface area contributed by atoms with Gasteiger partial charge >= 0.3 is 7.12 Å². The van der Waals surface area contributed by atoms with Gasteiger partial charge in [-0.15, -0.1) is 0 Å². The molecule has 2 aromatic carbocycles. The Labute approximate surface area is 162 Å². The summed E-state index contributed by atoms with van der Waals surface area (Å²) in [5.41, 5.74) is -1.11. The molecule has 2 aromatic rings. The fraction of sp³-hybridized carbons (Fsp3) is 0.400. The number of ether oxygens (including phenoxy) is 2. The third-order valence-corrected chi connectivity index (χ3v) is 5.19. The van der Waals surface area contributed by atoms with E-state index in [0.29, 0.717) is 11.3 Å². The lowest BCUT2D eigenvalue weighted by Crippen LogP contribution is -2.41. The summed E-state index contributed by atoms with van der Waals surface area (Å²) in [6.45, 7) is 6.99. The average molecular weight is 394 g/mol. The normalized spacial score (nSPS) is 17.6. The first kappa shape index (κ1) is 20.5. The van der Waals surface area contributed by atoms with Crippen LogP contribution in [0.4, 0.5) is 13.2 Å². The van der Waals surface area contributed by atoms with Gasteiger partial charge in [-0.25, -0.2) is 8.78 Å². The Kier molecular flexibility index (Phi) is 5.38. The molecule has 4 nitrogen and oxygen atoms in total. The summed E-state index contributed by atoms with van der Waals surface area (Å²) in [7, 11) is 0.351. The van der Waals surface area contributed by atoms with Crippen LogP contribution in [0.5, 0.6) is 11.5 Å². The quantitative estimate of drug-likeness (QED) is 0.568. The van der Waals surface area contributed by atoms with Gasteiger partial charge < -0.3 is 18.8 Å². The second-order valence-electron chi connectivity index (χ2n) is 7.63. The van der Waals surface area contributed by atoms with Gasteiger partial charge in [0, 0.05) is 5.46 Å². The first-order valence-electron chi connectivity index (χ1n) is 8.84. The van der Waals surface area contributed by atoms with E-state index in [9.17, 15) is 13.2 Å². The topological polar surface area (TPSA) is 36.9 Å². The van der Waals surface area contributed by atoms with Gasteiger partial charge in [-0.2, -0.15) is 4.39 Å². The Bertz CT molecular complexity index is 853. The number of hydrogen-bond acceptors (Lipinski definition) is 4. The molecule has 28 heavy (non-hydrogen) atoms. The lowest BCUT2D eigenvalue weighted by Gasteiger charge is -2.32. The van der Waals surface area contributed by atoms with Gasteiger partial charge in [0.15, 0.2) is 17.4 Å². The van der Waals surface area contributed by atoms with Gasteiger partial charge in [0.05, 0.1) is 18.3 Å². The Morgan fingerprint density at radius 3 is 2.04 bits per heavy atom. The molecule has 1 aliphatic heterocycles. The molecular weight excluding hydrogens is 372 g/mol. The number of halogens is 3. The van der Waals surface area contributed by atoms with E-state index in [4.69, 9.17) is 18.8 Å². The minimum absolute atomic E-state index is 0.149. The van der Waals surface area contributed by atoms with Crippen molar-refractivity contribution in [2.75, 3.05) is 7.11 Å². The summed E-state index contributed by atoms with van der Waals surface area (Å²) >= 11 is 0. The molecular formula is C20H22BF3O4. The van der Waals surface area contributed by atoms with Gasteiger partial charge in [0.1, 0.15) is 12.4 Å². The van der Waals surface area contributed by atoms with Crippen molar-refractivity contribution in [1.82, 2.24) is 0 Å². The molecule has 0 unspecified atom stereocenters. The van der Waals surface area contributed by atoms with Crippen molar-refractivity contribution in [3.8, 4) is 11.5 Å². The Hall–Kier alpha value is -2.19. The van der Waals surface area contributed by atoms with Crippen molar-refractivity contribution in [1.29, 1.82) is 0 Å². The van der Waals surface area contributed by atoms with Crippen LogP contribution < -0.4 is 14.9 Å². The summed E-state index contributed by atoms with van der Waals surface area (Å²) in [6.07, 6.45) is 0. The second kappa shape index (κ2) is 7.33. The smallest absolute Gasteiger partial charge is 0.497 e. The third-order valence-electron chi connectivity index (χ3n) is 5.19. The van der Waals surface area contributed by atoms with Crippen molar-refractivity contribution >= 4 is 12.6 Å². The average Bonchev–Trinajstić information content (AvgIpc) is 2.86. The molecule has 1 heterocycles. The zero-order chi connectivity index (χ0) is 20.7. The van der Waals surface area contributed by atoms with Crippen LogP contribution in [0.15, 0.2) is 30.3 Å². The van der Waals surface area contributed by atoms with Crippen molar-refractivity contribution in [3.63, 3.8) is 0 Å². The predicted molar refractivity (Wildman–Crippen MR) is 99.4 cm³/mol. The van der Waals surface area contributed by atoms with Crippen LogP contribution in [0, 0.1) is 17.5 Å². The predicted octanol–water partition coefficient (Wildman–Crippen LogP) is 3.99. The standard InChI is InChI=1S/C20H22BF3O4/c1-19(2)20(3,4)28-21(27-19)14-10-15(22)17(24)18(16(14)23)26-11-12-6-8-13(25-5)9-7-12/h6-10H,11H2,1-5H3. The molecule has 0 spiro atoms. The molecule has 0 bridgehead atoms. The molecule has 1 saturated heterocycles. The minimum atomic E-state index is -1.40. The van der Waals surface area contributed by atoms with Gasteiger partial charge in [-0.3, -0.25) is 0 Å². The summed E-state index contributed by atoms with van der Waals surface area (Å²) in [6, 6.07) is 7.48. The number of rotatable bonds is 5. The Balaban J connectivity index is 1.88. The minimum Gasteiger partial charge on any atom is -0.497 e. The van der Waals surface area contributed by atoms with Gasteiger partial charge in [-0.1, -0.05) is 12.1 Å². The fourth-order valence-electron chi connectivity index (χ4n) is 2.74. The highest BCUT2D eigenvalue weighted by Crippen LogP contribution is 2.37. The van der Waals surface area contributed by atoms with E-state index in [1.54, 1.807) is 52.0 Å². The van der Waals surface area contributed by atoms with Crippen LogP contribution in [0.1, 0.15) is 33.3 Å². The van der Waals surface area contributed by atoms with Gasteiger partial charge in [-0.05, 0) is 51.5 Å². The first-order valence-corrected chi connectivity index (χ1v) is 8.84. The summed E-state index contributed by atoms with van der Waals surface area (Å²) in [5.74, 6) is -3.86. The number of hydrogen-bond donors (Lipinski definition) is 0. The van der Waals surface area contributed by atoms with E-state index < -0.39 is 41.5 Å². The molecule has 1 fully saturated rings. The van der Waals surface area contributed by atoms with Gasteiger partial charge in [0.25, 0.3) is 0 Å². The van der Waals surface area contributed by atoms with E-state index in [1.165, 1.54) is 7.11 Å². The molecule has 0 radical (unpaired) electrons. The Morgan fingerprint density at radius 2 is 1.50 bits per heavy atom. The van der Waals surface area contributed by atoms with Crippen LogP contribution >= 0.6 is 0 Å². The molecule has 3 rings (SSSR count). The lowest BCUT2D eigenvalue weighted by molar-refractivity contribution is 0.00578. The van der Waals surface area contributed by atoms with Crippen LogP contribution in [0.3, 0.4) is 0 Å². The van der Waals surface area contributed by atoms with E-state index in [0.717, 1.165) is 6.07 Å². The first-order chi connectivity index (χ1) is 13.1. The summed E-state index contributed by atoms with van der Waals surface area (Å²) < 4.78 is 65.1. The number of benzene rings is 2. The molecule has 1 aliphatic rings. The maximum Gasteiger partial charge on any atom is 0.498 e. The highest BCUT2D eigenvalue weighted by molar-refractivity contribution is 6.62. The van der Waals surface area contributed by atoms with E-state index >= 15 is 0 Å². The second-order valence-corrected chi connectivity index (χ2v) is 7.63. The van der Waals surface area contributed by atoms with E-state index in [1.807, 2.05) is 0 Å². The largest absolute Gasteiger partial charge is 0.498 e. The highest BCUT2D eigenvalue weighted by Gasteiger charge is 2.53. The maximum atomic E-state index is 15.0. The monoisotopic (exact) mass is 394 g/mol. The SMILES string of the molecule is COc1ccc(COc2c(F)c(F)cc(B3OC(C)(C)C(C)(C)O3)c2F)cc1. The third kappa shape index (κ3) is 3.71. The zero-order valence-electron chi connectivity index (χ0n) is 16.4. The maximum absolute atomic E-state index is 15.0. The molecule has 0 aromatic heterocycles.